The third-order valence-corrected chi connectivity index (χ3v) is 6.41. The molecule has 20 heavy (non-hydrogen) atoms. The fraction of sp³-hybridized carbons (Fsp3) is 0.533. The van der Waals surface area contributed by atoms with Gasteiger partial charge in [-0.2, -0.15) is 0 Å². The third-order valence-electron chi connectivity index (χ3n) is 6.41. The van der Waals surface area contributed by atoms with Crippen molar-refractivity contribution >= 4 is 5.78 Å². The molecule has 2 unspecified atom stereocenters. The highest BCUT2D eigenvalue weighted by Crippen LogP contribution is 2.77. The van der Waals surface area contributed by atoms with Crippen molar-refractivity contribution in [1.29, 1.82) is 0 Å². The second kappa shape index (κ2) is 2.38. The average Bonchev–Trinajstić information content (AvgIpc) is 2.84. The van der Waals surface area contributed by atoms with Crippen LogP contribution in [0.1, 0.15) is 30.4 Å². The summed E-state index contributed by atoms with van der Waals surface area (Å²) in [6.07, 6.45) is 0.918. The molecule has 2 spiro atoms. The topological polar surface area (TPSA) is 88.7 Å². The van der Waals surface area contributed by atoms with Crippen LogP contribution in [0.3, 0.4) is 0 Å². The standard InChI is InChI=1S/C15H13NO4/c17-7-2-1-6-9-10(7)20-11-8(18)3-4-15(19)12-14(6,16-12)5-13(9,11)15/h1-2,11-12,16-17,19H,3-5H2/t11?,12-,13+,14?,15-/m1/s1. The van der Waals surface area contributed by atoms with Gasteiger partial charge in [0.15, 0.2) is 23.4 Å². The van der Waals surface area contributed by atoms with Crippen LogP contribution in [0.2, 0.25) is 0 Å². The minimum Gasteiger partial charge on any atom is -0.504 e. The van der Waals surface area contributed by atoms with Gasteiger partial charge in [0.1, 0.15) is 0 Å². The van der Waals surface area contributed by atoms with Crippen LogP contribution in [0.25, 0.3) is 0 Å². The van der Waals surface area contributed by atoms with Crippen LogP contribution < -0.4 is 10.1 Å². The molecule has 1 aromatic rings. The molecule has 0 radical (unpaired) electrons. The Morgan fingerprint density at radius 3 is 3.10 bits per heavy atom. The predicted molar refractivity (Wildman–Crippen MR) is 66.6 cm³/mol. The molecule has 1 aromatic carbocycles. The molecule has 3 N–H and O–H groups in total. The molecule has 2 bridgehead atoms. The van der Waals surface area contributed by atoms with E-state index in [4.69, 9.17) is 4.74 Å². The summed E-state index contributed by atoms with van der Waals surface area (Å²) in [5, 5.41) is 24.8. The number of rotatable bonds is 0. The van der Waals surface area contributed by atoms with Crippen LogP contribution >= 0.6 is 0 Å². The molecule has 1 saturated heterocycles. The van der Waals surface area contributed by atoms with Gasteiger partial charge in [-0.1, -0.05) is 6.07 Å². The molecule has 5 atom stereocenters. The van der Waals surface area contributed by atoms with E-state index in [1.54, 1.807) is 6.07 Å². The number of carbonyl (C=O) groups is 1. The average molecular weight is 271 g/mol. The molecule has 2 aliphatic heterocycles. The van der Waals surface area contributed by atoms with Crippen molar-refractivity contribution in [2.75, 3.05) is 0 Å². The zero-order valence-corrected chi connectivity index (χ0v) is 10.6. The van der Waals surface area contributed by atoms with E-state index in [-0.39, 0.29) is 23.1 Å². The molecule has 2 saturated carbocycles. The molecular formula is C15H13NO4. The quantitative estimate of drug-likeness (QED) is 0.581. The number of piperidine rings is 1. The number of hydrogen-bond donors (Lipinski definition) is 3. The van der Waals surface area contributed by atoms with E-state index >= 15 is 0 Å². The van der Waals surface area contributed by atoms with E-state index in [1.165, 1.54) is 0 Å². The molecule has 0 aromatic heterocycles. The summed E-state index contributed by atoms with van der Waals surface area (Å²) in [4.78, 5) is 12.3. The number of hydrogen-bond acceptors (Lipinski definition) is 5. The van der Waals surface area contributed by atoms with Crippen LogP contribution in [-0.4, -0.2) is 33.7 Å². The number of aromatic hydroxyl groups is 1. The second-order valence-electron chi connectivity index (χ2n) is 6.92. The van der Waals surface area contributed by atoms with E-state index < -0.39 is 17.1 Å². The highest BCUT2D eigenvalue weighted by atomic mass is 16.5. The van der Waals surface area contributed by atoms with Crippen molar-refractivity contribution in [1.82, 2.24) is 5.32 Å². The van der Waals surface area contributed by atoms with E-state index in [1.807, 2.05) is 6.07 Å². The van der Waals surface area contributed by atoms with Gasteiger partial charge in [-0.15, -0.1) is 0 Å². The van der Waals surface area contributed by atoms with Gasteiger partial charge < -0.3 is 14.9 Å². The first-order valence-electron chi connectivity index (χ1n) is 7.11. The lowest BCUT2D eigenvalue weighted by atomic mass is 9.59. The normalized spacial score (nSPS) is 51.8. The van der Waals surface area contributed by atoms with Gasteiger partial charge in [-0.25, -0.2) is 0 Å². The Hall–Kier alpha value is -1.59. The van der Waals surface area contributed by atoms with Crippen LogP contribution in [0, 0.1) is 0 Å². The lowest BCUT2D eigenvalue weighted by Gasteiger charge is -2.46. The lowest BCUT2D eigenvalue weighted by molar-refractivity contribution is -0.146. The SMILES string of the molecule is O=C1CC[C@@]2(O)[C@@H]3NC34C[C@@]23c2c4ccc(O)c2OC13. The summed E-state index contributed by atoms with van der Waals surface area (Å²) in [7, 11) is 0. The predicted octanol–water partition coefficient (Wildman–Crippen LogP) is 0.0694. The summed E-state index contributed by atoms with van der Waals surface area (Å²) in [6, 6.07) is 3.58. The van der Waals surface area contributed by atoms with Crippen molar-refractivity contribution in [3.8, 4) is 11.5 Å². The summed E-state index contributed by atoms with van der Waals surface area (Å²) >= 11 is 0. The van der Waals surface area contributed by atoms with Crippen molar-refractivity contribution in [3.63, 3.8) is 0 Å². The number of phenolic OH excluding ortho intramolecular Hbond substituents is 1. The molecule has 0 amide bonds. The van der Waals surface area contributed by atoms with Gasteiger partial charge in [0.25, 0.3) is 0 Å². The zero-order chi connectivity index (χ0) is 13.5. The highest BCUT2D eigenvalue weighted by molar-refractivity contribution is 5.92. The monoisotopic (exact) mass is 271 g/mol. The number of carbonyl (C=O) groups excluding carboxylic acids is 1. The van der Waals surface area contributed by atoms with E-state index in [2.05, 4.69) is 5.32 Å². The van der Waals surface area contributed by atoms with Crippen molar-refractivity contribution in [3.05, 3.63) is 23.3 Å². The lowest BCUT2D eigenvalue weighted by Crippen LogP contribution is -2.63. The Labute approximate surface area is 114 Å². The number of benzene rings is 1. The second-order valence-corrected chi connectivity index (χ2v) is 6.92. The molecule has 5 aliphatic rings. The summed E-state index contributed by atoms with van der Waals surface area (Å²) in [6.45, 7) is 0. The van der Waals surface area contributed by atoms with Crippen LogP contribution in [0.5, 0.6) is 11.5 Å². The van der Waals surface area contributed by atoms with Gasteiger partial charge in [-0.3, -0.25) is 10.1 Å². The first-order chi connectivity index (χ1) is 9.55. The number of ether oxygens (including phenoxy) is 1. The molecule has 2 heterocycles. The molecule has 5 heteroatoms. The van der Waals surface area contributed by atoms with Crippen LogP contribution in [-0.2, 0) is 15.7 Å². The Morgan fingerprint density at radius 2 is 2.25 bits per heavy atom. The molecule has 102 valence electrons. The minimum absolute atomic E-state index is 0.0252. The fourth-order valence-electron chi connectivity index (χ4n) is 5.71. The summed E-state index contributed by atoms with van der Waals surface area (Å²) < 4.78 is 5.83. The Kier molecular flexibility index (Phi) is 1.21. The number of phenols is 1. The Morgan fingerprint density at radius 1 is 1.40 bits per heavy atom. The van der Waals surface area contributed by atoms with Gasteiger partial charge in [0.05, 0.1) is 22.6 Å². The summed E-state index contributed by atoms with van der Waals surface area (Å²) in [5.74, 6) is 0.545. The van der Waals surface area contributed by atoms with E-state index in [9.17, 15) is 15.0 Å². The van der Waals surface area contributed by atoms with Crippen LogP contribution in [0.15, 0.2) is 12.1 Å². The summed E-state index contributed by atoms with van der Waals surface area (Å²) in [5.41, 5.74) is 0.245. The molecule has 3 aliphatic carbocycles. The highest BCUT2D eigenvalue weighted by Gasteiger charge is 2.88. The van der Waals surface area contributed by atoms with Gasteiger partial charge >= 0.3 is 0 Å². The van der Waals surface area contributed by atoms with Gasteiger partial charge in [-0.05, 0) is 24.5 Å². The Balaban J connectivity index is 1.79. The van der Waals surface area contributed by atoms with Crippen molar-refractivity contribution < 1.29 is 19.7 Å². The van der Waals surface area contributed by atoms with Gasteiger partial charge in [0.2, 0.25) is 0 Å². The first kappa shape index (κ1) is 10.2. The maximum Gasteiger partial charge on any atom is 0.174 e. The molecular weight excluding hydrogens is 258 g/mol. The molecule has 3 fully saturated rings. The largest absolute Gasteiger partial charge is 0.504 e. The molecule has 5 nitrogen and oxygen atoms in total. The number of Topliss-reactive ketones (excluding diaryl/α,β-unsaturated/α-hetero) is 1. The van der Waals surface area contributed by atoms with E-state index in [0.29, 0.717) is 25.0 Å². The molecule has 6 rings (SSSR count). The fourth-order valence-corrected chi connectivity index (χ4v) is 5.71. The first-order valence-corrected chi connectivity index (χ1v) is 7.11. The maximum absolute atomic E-state index is 12.3. The van der Waals surface area contributed by atoms with Crippen LogP contribution in [0.4, 0.5) is 0 Å². The minimum atomic E-state index is -0.919. The van der Waals surface area contributed by atoms with Crippen molar-refractivity contribution in [2.24, 2.45) is 0 Å². The number of nitrogens with one attached hydrogen (secondary N) is 1. The number of aliphatic hydroxyl groups is 1. The zero-order valence-electron chi connectivity index (χ0n) is 10.6. The van der Waals surface area contributed by atoms with Crippen molar-refractivity contribution in [2.45, 2.75) is 48.0 Å². The number of ketones is 1. The Bertz CT molecular complexity index is 746. The maximum atomic E-state index is 12.3. The smallest absolute Gasteiger partial charge is 0.174 e. The number of fused-ring (bicyclic) bond motifs is 1. The van der Waals surface area contributed by atoms with E-state index in [0.717, 1.165) is 11.1 Å². The third kappa shape index (κ3) is 0.650. The van der Waals surface area contributed by atoms with Gasteiger partial charge in [0, 0.05) is 12.0 Å².